The van der Waals surface area contributed by atoms with Gasteiger partial charge in [0.15, 0.2) is 6.61 Å². The lowest BCUT2D eigenvalue weighted by molar-refractivity contribution is -0.124. The molecule has 0 saturated carbocycles. The van der Waals surface area contributed by atoms with Crippen LogP contribution in [-0.2, 0) is 9.53 Å². The third-order valence-electron chi connectivity index (χ3n) is 4.30. The highest BCUT2D eigenvalue weighted by Gasteiger charge is 2.19. The minimum absolute atomic E-state index is 0.166. The number of halogens is 1. The van der Waals surface area contributed by atoms with E-state index in [4.69, 9.17) is 4.74 Å². The van der Waals surface area contributed by atoms with Crippen LogP contribution in [0, 0.1) is 13.8 Å². The van der Waals surface area contributed by atoms with Crippen LogP contribution in [0.2, 0.25) is 0 Å². The summed E-state index contributed by atoms with van der Waals surface area (Å²) in [5.74, 6) is -0.803. The van der Waals surface area contributed by atoms with Crippen molar-refractivity contribution in [1.82, 2.24) is 9.88 Å². The van der Waals surface area contributed by atoms with Gasteiger partial charge in [-0.1, -0.05) is 28.1 Å². The maximum absolute atomic E-state index is 12.3. The van der Waals surface area contributed by atoms with Gasteiger partial charge in [0, 0.05) is 21.9 Å². The molecule has 1 aromatic heterocycles. The summed E-state index contributed by atoms with van der Waals surface area (Å²) in [6.45, 7) is 9.55. The van der Waals surface area contributed by atoms with E-state index in [1.54, 1.807) is 6.07 Å². The first kappa shape index (κ1) is 20.2. The molecule has 1 amide bonds. The Labute approximate surface area is 162 Å². The Balaban J connectivity index is 1.94. The lowest BCUT2D eigenvalue weighted by atomic mass is 10.1. The van der Waals surface area contributed by atoms with Crippen molar-refractivity contribution in [3.63, 3.8) is 0 Å². The van der Waals surface area contributed by atoms with Gasteiger partial charge in [-0.25, -0.2) is 4.79 Å². The zero-order valence-electron chi connectivity index (χ0n) is 15.8. The topological polar surface area (TPSA) is 60.3 Å². The minimum atomic E-state index is -0.476. The van der Waals surface area contributed by atoms with E-state index in [1.165, 1.54) is 0 Å². The molecule has 0 aliphatic heterocycles. The fourth-order valence-corrected chi connectivity index (χ4v) is 3.37. The number of hydrogen-bond acceptors (Lipinski definition) is 3. The second kappa shape index (κ2) is 8.54. The monoisotopic (exact) mass is 420 g/mol. The summed E-state index contributed by atoms with van der Waals surface area (Å²) in [6.07, 6.45) is 0. The number of esters is 1. The first-order chi connectivity index (χ1) is 12.2. The second-order valence-electron chi connectivity index (χ2n) is 6.67. The molecule has 140 valence electrons. The second-order valence-corrected chi connectivity index (χ2v) is 7.58. The van der Waals surface area contributed by atoms with E-state index in [9.17, 15) is 9.59 Å². The van der Waals surface area contributed by atoms with Crippen LogP contribution in [0.25, 0.3) is 0 Å². The molecule has 2 aromatic rings. The molecule has 0 radical (unpaired) electrons. The molecule has 0 saturated heterocycles. The predicted octanol–water partition coefficient (Wildman–Crippen LogP) is 4.48. The van der Waals surface area contributed by atoms with E-state index in [0.29, 0.717) is 5.56 Å². The lowest BCUT2D eigenvalue weighted by Gasteiger charge is -2.15. The van der Waals surface area contributed by atoms with E-state index < -0.39 is 5.97 Å². The van der Waals surface area contributed by atoms with Crippen LogP contribution in [-0.4, -0.2) is 23.1 Å². The number of nitrogens with zero attached hydrogens (tertiary/aromatic N) is 1. The van der Waals surface area contributed by atoms with E-state index in [-0.39, 0.29) is 24.6 Å². The molecule has 1 aromatic carbocycles. The number of carbonyl (C=O) groups is 2. The van der Waals surface area contributed by atoms with Crippen molar-refractivity contribution >= 4 is 27.8 Å². The largest absolute Gasteiger partial charge is 0.452 e. The number of rotatable bonds is 6. The van der Waals surface area contributed by atoms with Crippen molar-refractivity contribution in [1.29, 1.82) is 0 Å². The smallest absolute Gasteiger partial charge is 0.340 e. The van der Waals surface area contributed by atoms with Gasteiger partial charge < -0.3 is 14.6 Å². The molecule has 1 atom stereocenters. The quantitative estimate of drug-likeness (QED) is 0.700. The first-order valence-corrected chi connectivity index (χ1v) is 9.40. The Morgan fingerprint density at radius 1 is 1.15 bits per heavy atom. The van der Waals surface area contributed by atoms with Gasteiger partial charge in [0.05, 0.1) is 11.6 Å². The van der Waals surface area contributed by atoms with Crippen LogP contribution in [0.4, 0.5) is 0 Å². The van der Waals surface area contributed by atoms with Gasteiger partial charge >= 0.3 is 5.97 Å². The van der Waals surface area contributed by atoms with Gasteiger partial charge in [-0.3, -0.25) is 4.79 Å². The standard InChI is InChI=1S/C20H25BrN2O3/c1-12(2)23-13(3)10-18(15(23)5)20(25)26-11-19(24)22-14(4)16-6-8-17(21)9-7-16/h6-10,12,14H,11H2,1-5H3,(H,22,24)/t14-/m1/s1. The van der Waals surface area contributed by atoms with Crippen molar-refractivity contribution < 1.29 is 14.3 Å². The molecule has 0 bridgehead atoms. The molecule has 6 heteroatoms. The summed E-state index contributed by atoms with van der Waals surface area (Å²) in [5.41, 5.74) is 3.34. The summed E-state index contributed by atoms with van der Waals surface area (Å²) in [7, 11) is 0. The first-order valence-electron chi connectivity index (χ1n) is 8.61. The number of aromatic nitrogens is 1. The number of hydrogen-bond donors (Lipinski definition) is 1. The normalized spacial score (nSPS) is 12.1. The van der Waals surface area contributed by atoms with Crippen molar-refractivity contribution in [3.8, 4) is 0 Å². The maximum atomic E-state index is 12.3. The Morgan fingerprint density at radius 2 is 1.77 bits per heavy atom. The highest BCUT2D eigenvalue weighted by molar-refractivity contribution is 9.10. The molecule has 2 rings (SSSR count). The number of amides is 1. The van der Waals surface area contributed by atoms with Crippen molar-refractivity contribution in [2.24, 2.45) is 0 Å². The van der Waals surface area contributed by atoms with Crippen LogP contribution >= 0.6 is 15.9 Å². The molecule has 26 heavy (non-hydrogen) atoms. The molecule has 5 nitrogen and oxygen atoms in total. The number of aryl methyl sites for hydroxylation is 1. The highest BCUT2D eigenvalue weighted by Crippen LogP contribution is 2.21. The van der Waals surface area contributed by atoms with Crippen molar-refractivity contribution in [3.05, 3.63) is 57.3 Å². The van der Waals surface area contributed by atoms with Gasteiger partial charge in [-0.2, -0.15) is 0 Å². The maximum Gasteiger partial charge on any atom is 0.340 e. The number of benzene rings is 1. The zero-order chi connectivity index (χ0) is 19.4. The zero-order valence-corrected chi connectivity index (χ0v) is 17.4. The molecule has 0 fully saturated rings. The molecular weight excluding hydrogens is 396 g/mol. The number of ether oxygens (including phenoxy) is 1. The fourth-order valence-electron chi connectivity index (χ4n) is 3.11. The molecule has 1 N–H and O–H groups in total. The molecular formula is C20H25BrN2O3. The van der Waals surface area contributed by atoms with E-state index >= 15 is 0 Å². The summed E-state index contributed by atoms with van der Waals surface area (Å²) < 4.78 is 8.26. The summed E-state index contributed by atoms with van der Waals surface area (Å²) >= 11 is 3.38. The summed E-state index contributed by atoms with van der Waals surface area (Å²) in [5, 5.41) is 2.84. The Bertz CT molecular complexity index is 794. The van der Waals surface area contributed by atoms with E-state index in [0.717, 1.165) is 21.4 Å². The third-order valence-corrected chi connectivity index (χ3v) is 4.83. The number of nitrogens with one attached hydrogen (secondary N) is 1. The predicted molar refractivity (Wildman–Crippen MR) is 105 cm³/mol. The Kier molecular flexibility index (Phi) is 6.64. The Morgan fingerprint density at radius 3 is 2.31 bits per heavy atom. The Hall–Kier alpha value is -2.08. The fraction of sp³-hybridized carbons (Fsp3) is 0.400. The summed E-state index contributed by atoms with van der Waals surface area (Å²) in [4.78, 5) is 24.4. The highest BCUT2D eigenvalue weighted by atomic mass is 79.9. The van der Waals surface area contributed by atoms with Crippen LogP contribution < -0.4 is 5.32 Å². The van der Waals surface area contributed by atoms with Gasteiger partial charge in [0.1, 0.15) is 0 Å². The lowest BCUT2D eigenvalue weighted by Crippen LogP contribution is -2.31. The van der Waals surface area contributed by atoms with Gasteiger partial charge in [-0.15, -0.1) is 0 Å². The average molecular weight is 421 g/mol. The SMILES string of the molecule is Cc1cc(C(=O)OCC(=O)N[C@H](C)c2ccc(Br)cc2)c(C)n1C(C)C. The molecule has 0 aliphatic rings. The average Bonchev–Trinajstić information content (AvgIpc) is 2.87. The van der Waals surface area contributed by atoms with Crippen LogP contribution in [0.15, 0.2) is 34.8 Å². The molecule has 0 spiro atoms. The number of carbonyl (C=O) groups excluding carboxylic acids is 2. The van der Waals surface area contributed by atoms with E-state index in [2.05, 4.69) is 39.7 Å². The van der Waals surface area contributed by atoms with Gasteiger partial charge in [0.25, 0.3) is 5.91 Å². The minimum Gasteiger partial charge on any atom is -0.452 e. The van der Waals surface area contributed by atoms with Crippen LogP contribution in [0.3, 0.4) is 0 Å². The summed E-state index contributed by atoms with van der Waals surface area (Å²) in [6, 6.07) is 9.60. The van der Waals surface area contributed by atoms with Crippen molar-refractivity contribution in [2.45, 2.75) is 46.7 Å². The third kappa shape index (κ3) is 4.75. The molecule has 0 unspecified atom stereocenters. The van der Waals surface area contributed by atoms with Crippen LogP contribution in [0.1, 0.15) is 60.2 Å². The molecule has 1 heterocycles. The molecule has 0 aliphatic carbocycles. The van der Waals surface area contributed by atoms with Crippen molar-refractivity contribution in [2.75, 3.05) is 6.61 Å². The van der Waals surface area contributed by atoms with Gasteiger partial charge in [0.2, 0.25) is 0 Å². The van der Waals surface area contributed by atoms with E-state index in [1.807, 2.05) is 45.0 Å². The van der Waals surface area contributed by atoms with Crippen LogP contribution in [0.5, 0.6) is 0 Å². The van der Waals surface area contributed by atoms with Gasteiger partial charge in [-0.05, 0) is 58.4 Å².